The molecule has 140 valence electrons. The van der Waals surface area contributed by atoms with E-state index in [1.165, 1.54) is 64.2 Å². The van der Waals surface area contributed by atoms with Gasteiger partial charge < -0.3 is 10.2 Å². The fourth-order valence-corrected chi connectivity index (χ4v) is 2.66. The molecule has 0 aromatic rings. The van der Waals surface area contributed by atoms with Crippen molar-refractivity contribution in [2.24, 2.45) is 0 Å². The molecular weight excluding hydrogens is 308 g/mol. The zero-order valence-corrected chi connectivity index (χ0v) is 16.7. The third-order valence-corrected chi connectivity index (χ3v) is 4.11. The quantitative estimate of drug-likeness (QED) is 0.390. The summed E-state index contributed by atoms with van der Waals surface area (Å²) in [4.78, 5) is 13.8. The minimum absolute atomic E-state index is 0. The Labute approximate surface area is 151 Å². The number of halogens is 1. The average molecular weight is 349 g/mol. The van der Waals surface area contributed by atoms with Crippen LogP contribution < -0.4 is 5.32 Å². The Morgan fingerprint density at radius 3 is 1.74 bits per heavy atom. The molecule has 0 spiro atoms. The summed E-state index contributed by atoms with van der Waals surface area (Å²) in [5.41, 5.74) is 0. The smallest absolute Gasteiger partial charge is 0.219 e. The highest BCUT2D eigenvalue weighted by Gasteiger charge is 2.00. The Bertz CT molecular complexity index is 248. The predicted molar refractivity (Wildman–Crippen MR) is 105 cm³/mol. The van der Waals surface area contributed by atoms with E-state index in [9.17, 15) is 4.79 Å². The maximum atomic E-state index is 11.6. The van der Waals surface area contributed by atoms with E-state index in [-0.39, 0.29) is 18.3 Å². The number of amides is 1. The van der Waals surface area contributed by atoms with Gasteiger partial charge in [0, 0.05) is 13.0 Å². The largest absolute Gasteiger partial charge is 0.356 e. The van der Waals surface area contributed by atoms with Crippen LogP contribution in [0, 0.1) is 0 Å². The van der Waals surface area contributed by atoms with Gasteiger partial charge in [0.1, 0.15) is 0 Å². The van der Waals surface area contributed by atoms with E-state index >= 15 is 0 Å². The predicted octanol–water partition coefficient (Wildman–Crippen LogP) is 5.18. The van der Waals surface area contributed by atoms with Gasteiger partial charge in [0.2, 0.25) is 5.91 Å². The monoisotopic (exact) mass is 348 g/mol. The van der Waals surface area contributed by atoms with Crippen molar-refractivity contribution in [1.82, 2.24) is 10.2 Å². The summed E-state index contributed by atoms with van der Waals surface area (Å²) < 4.78 is 0. The second-order valence-corrected chi connectivity index (χ2v) is 6.79. The van der Waals surface area contributed by atoms with Crippen LogP contribution >= 0.6 is 12.4 Å². The van der Waals surface area contributed by atoms with E-state index in [0.717, 1.165) is 25.9 Å². The number of unbranched alkanes of at least 4 members (excludes halogenated alkanes) is 10. The van der Waals surface area contributed by atoms with Gasteiger partial charge in [-0.3, -0.25) is 4.79 Å². The molecule has 0 unspecified atom stereocenters. The molecule has 4 heteroatoms. The number of nitrogens with zero attached hydrogens (tertiary/aromatic N) is 1. The van der Waals surface area contributed by atoms with Gasteiger partial charge in [-0.05, 0) is 33.5 Å². The Kier molecular flexibility index (Phi) is 21.5. The van der Waals surface area contributed by atoms with Crippen molar-refractivity contribution in [3.05, 3.63) is 0 Å². The topological polar surface area (TPSA) is 32.3 Å². The molecular formula is C19H41ClN2O. The van der Waals surface area contributed by atoms with Crippen LogP contribution in [0.1, 0.15) is 90.4 Å². The standard InChI is InChI=1S/C19H40N2O.ClH/c1-4-5-6-7-8-9-10-11-12-13-14-16-19(22)20-17-15-18-21(2)3;/h4-18H2,1-3H3,(H,20,22);1H. The lowest BCUT2D eigenvalue weighted by Crippen LogP contribution is -2.26. The first kappa shape index (κ1) is 25.0. The third kappa shape index (κ3) is 21.7. The van der Waals surface area contributed by atoms with Gasteiger partial charge in [-0.1, -0.05) is 71.1 Å². The number of rotatable bonds is 16. The number of nitrogens with one attached hydrogen (secondary N) is 1. The first-order valence-corrected chi connectivity index (χ1v) is 9.58. The number of hydrogen-bond acceptors (Lipinski definition) is 2. The Morgan fingerprint density at radius 2 is 1.26 bits per heavy atom. The summed E-state index contributed by atoms with van der Waals surface area (Å²) in [6.45, 7) is 4.12. The summed E-state index contributed by atoms with van der Waals surface area (Å²) in [7, 11) is 4.13. The van der Waals surface area contributed by atoms with E-state index in [4.69, 9.17) is 0 Å². The summed E-state index contributed by atoms with van der Waals surface area (Å²) >= 11 is 0. The van der Waals surface area contributed by atoms with Crippen molar-refractivity contribution in [3.8, 4) is 0 Å². The minimum Gasteiger partial charge on any atom is -0.356 e. The van der Waals surface area contributed by atoms with Crippen LogP contribution in [-0.2, 0) is 4.79 Å². The lowest BCUT2D eigenvalue weighted by Gasteiger charge is -2.09. The summed E-state index contributed by atoms with van der Waals surface area (Å²) in [5.74, 6) is 0.231. The fraction of sp³-hybridized carbons (Fsp3) is 0.947. The van der Waals surface area contributed by atoms with Crippen molar-refractivity contribution in [2.45, 2.75) is 90.4 Å². The van der Waals surface area contributed by atoms with Gasteiger partial charge in [0.05, 0.1) is 0 Å². The second-order valence-electron chi connectivity index (χ2n) is 6.79. The maximum Gasteiger partial charge on any atom is 0.219 e. The third-order valence-electron chi connectivity index (χ3n) is 4.11. The molecule has 1 amide bonds. The Hall–Kier alpha value is -0.280. The van der Waals surface area contributed by atoms with E-state index in [1.807, 2.05) is 0 Å². The molecule has 0 fully saturated rings. The van der Waals surface area contributed by atoms with Crippen molar-refractivity contribution in [2.75, 3.05) is 27.2 Å². The fourth-order valence-electron chi connectivity index (χ4n) is 2.66. The van der Waals surface area contributed by atoms with Crippen LogP contribution in [0.2, 0.25) is 0 Å². The first-order valence-electron chi connectivity index (χ1n) is 9.58. The highest BCUT2D eigenvalue weighted by molar-refractivity contribution is 5.85. The Morgan fingerprint density at radius 1 is 0.783 bits per heavy atom. The van der Waals surface area contributed by atoms with Gasteiger partial charge in [-0.15, -0.1) is 12.4 Å². The summed E-state index contributed by atoms with van der Waals surface area (Å²) in [6.07, 6.45) is 16.4. The molecule has 0 heterocycles. The molecule has 0 atom stereocenters. The van der Waals surface area contributed by atoms with Gasteiger partial charge in [0.25, 0.3) is 0 Å². The molecule has 0 rings (SSSR count). The molecule has 1 N–H and O–H groups in total. The van der Waals surface area contributed by atoms with Crippen LogP contribution in [0.4, 0.5) is 0 Å². The molecule has 0 aromatic carbocycles. The summed E-state index contributed by atoms with van der Waals surface area (Å²) in [6, 6.07) is 0. The van der Waals surface area contributed by atoms with Crippen molar-refractivity contribution >= 4 is 18.3 Å². The van der Waals surface area contributed by atoms with Gasteiger partial charge in [-0.25, -0.2) is 0 Å². The molecule has 0 aromatic heterocycles. The van der Waals surface area contributed by atoms with Gasteiger partial charge in [0.15, 0.2) is 0 Å². The van der Waals surface area contributed by atoms with Crippen molar-refractivity contribution in [1.29, 1.82) is 0 Å². The zero-order valence-electron chi connectivity index (χ0n) is 15.9. The molecule has 0 aliphatic heterocycles. The highest BCUT2D eigenvalue weighted by Crippen LogP contribution is 2.11. The van der Waals surface area contributed by atoms with Crippen molar-refractivity contribution in [3.63, 3.8) is 0 Å². The molecule has 0 aliphatic carbocycles. The SMILES string of the molecule is CCCCCCCCCCCCCC(=O)NCCCN(C)C.Cl. The van der Waals surface area contributed by atoms with Crippen LogP contribution in [0.3, 0.4) is 0 Å². The summed E-state index contributed by atoms with van der Waals surface area (Å²) in [5, 5.41) is 3.01. The zero-order chi connectivity index (χ0) is 16.5. The maximum absolute atomic E-state index is 11.6. The molecule has 3 nitrogen and oxygen atoms in total. The van der Waals surface area contributed by atoms with Crippen LogP contribution in [0.15, 0.2) is 0 Å². The van der Waals surface area contributed by atoms with Gasteiger partial charge >= 0.3 is 0 Å². The van der Waals surface area contributed by atoms with E-state index in [0.29, 0.717) is 6.42 Å². The van der Waals surface area contributed by atoms with Crippen LogP contribution in [0.5, 0.6) is 0 Å². The second kappa shape index (κ2) is 19.8. The molecule has 23 heavy (non-hydrogen) atoms. The van der Waals surface area contributed by atoms with E-state index in [2.05, 4.69) is 31.2 Å². The van der Waals surface area contributed by atoms with Crippen LogP contribution in [-0.4, -0.2) is 38.0 Å². The molecule has 0 bridgehead atoms. The number of carbonyl (C=O) groups is 1. The molecule has 0 aliphatic rings. The van der Waals surface area contributed by atoms with E-state index < -0.39 is 0 Å². The number of hydrogen-bond donors (Lipinski definition) is 1. The molecule has 0 saturated carbocycles. The van der Waals surface area contributed by atoms with Crippen molar-refractivity contribution < 1.29 is 4.79 Å². The van der Waals surface area contributed by atoms with Crippen LogP contribution in [0.25, 0.3) is 0 Å². The molecule has 0 radical (unpaired) electrons. The minimum atomic E-state index is 0. The first-order chi connectivity index (χ1) is 10.7. The highest BCUT2D eigenvalue weighted by atomic mass is 35.5. The van der Waals surface area contributed by atoms with Gasteiger partial charge in [-0.2, -0.15) is 0 Å². The lowest BCUT2D eigenvalue weighted by molar-refractivity contribution is -0.121. The van der Waals surface area contributed by atoms with E-state index in [1.54, 1.807) is 0 Å². The number of carbonyl (C=O) groups excluding carboxylic acids is 1. The normalized spacial score (nSPS) is 10.6. The average Bonchev–Trinajstić information content (AvgIpc) is 2.49. The Balaban J connectivity index is 0. The lowest BCUT2D eigenvalue weighted by atomic mass is 10.1. The molecule has 0 saturated heterocycles.